The second kappa shape index (κ2) is 7.97. The van der Waals surface area contributed by atoms with Crippen LogP contribution in [0.4, 0.5) is 4.79 Å². The minimum absolute atomic E-state index is 0.165. The lowest BCUT2D eigenvalue weighted by atomic mass is 10.1. The Balaban J connectivity index is 1.43. The van der Waals surface area contributed by atoms with Gasteiger partial charge in [0, 0.05) is 32.0 Å². The lowest BCUT2D eigenvalue weighted by Crippen LogP contribution is -2.34. The first kappa shape index (κ1) is 15.8. The molecule has 24 heavy (non-hydrogen) atoms. The van der Waals surface area contributed by atoms with E-state index in [4.69, 9.17) is 0 Å². The zero-order valence-electron chi connectivity index (χ0n) is 13.4. The molecule has 5 heteroatoms. The molecule has 1 heterocycles. The Labute approximate surface area is 141 Å². The summed E-state index contributed by atoms with van der Waals surface area (Å²) in [4.78, 5) is 15.9. The number of carbonyl (C=O) groups excluding carboxylic acids is 1. The molecule has 2 amide bonds. The van der Waals surface area contributed by atoms with E-state index in [-0.39, 0.29) is 6.03 Å². The van der Waals surface area contributed by atoms with Crippen LogP contribution in [-0.4, -0.2) is 15.6 Å². The van der Waals surface area contributed by atoms with Crippen LogP contribution in [0.3, 0.4) is 0 Å². The van der Waals surface area contributed by atoms with Crippen LogP contribution in [0.2, 0.25) is 0 Å². The fraction of sp³-hybridized carbons (Fsp3) is 0.158. The van der Waals surface area contributed by atoms with Gasteiger partial charge in [-0.3, -0.25) is 0 Å². The zero-order valence-corrected chi connectivity index (χ0v) is 13.4. The van der Waals surface area contributed by atoms with Crippen molar-refractivity contribution in [1.29, 1.82) is 0 Å². The highest BCUT2D eigenvalue weighted by atomic mass is 16.2. The summed E-state index contributed by atoms with van der Waals surface area (Å²) in [5.41, 5.74) is 3.35. The second-order valence-corrected chi connectivity index (χ2v) is 5.57. The smallest absolute Gasteiger partial charge is 0.315 e. The van der Waals surface area contributed by atoms with Gasteiger partial charge in [0.2, 0.25) is 0 Å². The van der Waals surface area contributed by atoms with E-state index in [1.54, 1.807) is 12.5 Å². The minimum atomic E-state index is -0.165. The summed E-state index contributed by atoms with van der Waals surface area (Å²) in [6.07, 6.45) is 5.51. The number of hydrogen-bond donors (Lipinski definition) is 2. The van der Waals surface area contributed by atoms with Gasteiger partial charge in [0.15, 0.2) is 0 Å². The normalized spacial score (nSPS) is 10.3. The summed E-state index contributed by atoms with van der Waals surface area (Å²) in [5.74, 6) is 0. The van der Waals surface area contributed by atoms with Crippen LogP contribution in [-0.2, 0) is 19.6 Å². The van der Waals surface area contributed by atoms with Crippen molar-refractivity contribution in [2.24, 2.45) is 0 Å². The molecule has 122 valence electrons. The summed E-state index contributed by atoms with van der Waals surface area (Å²) in [6.45, 7) is 1.83. The fourth-order valence-electron chi connectivity index (χ4n) is 2.38. The highest BCUT2D eigenvalue weighted by Crippen LogP contribution is 2.06. The van der Waals surface area contributed by atoms with Crippen molar-refractivity contribution in [1.82, 2.24) is 20.2 Å². The summed E-state index contributed by atoms with van der Waals surface area (Å²) in [7, 11) is 0. The number of aromatic nitrogens is 2. The largest absolute Gasteiger partial charge is 0.334 e. The monoisotopic (exact) mass is 320 g/mol. The predicted molar refractivity (Wildman–Crippen MR) is 93.3 cm³/mol. The van der Waals surface area contributed by atoms with Gasteiger partial charge in [-0.25, -0.2) is 9.78 Å². The molecule has 0 bridgehead atoms. The fourth-order valence-corrected chi connectivity index (χ4v) is 2.38. The summed E-state index contributed by atoms with van der Waals surface area (Å²) < 4.78 is 2.02. The third-order valence-corrected chi connectivity index (χ3v) is 3.70. The van der Waals surface area contributed by atoms with Crippen LogP contribution in [0.15, 0.2) is 73.3 Å². The molecule has 2 N–H and O–H groups in total. The molecule has 0 fully saturated rings. The maximum absolute atomic E-state index is 11.8. The van der Waals surface area contributed by atoms with Gasteiger partial charge in [-0.1, -0.05) is 54.6 Å². The van der Waals surface area contributed by atoms with Gasteiger partial charge < -0.3 is 15.2 Å². The quantitative estimate of drug-likeness (QED) is 0.733. The van der Waals surface area contributed by atoms with E-state index in [9.17, 15) is 4.79 Å². The Morgan fingerprint density at radius 3 is 2.12 bits per heavy atom. The summed E-state index contributed by atoms with van der Waals surface area (Å²) >= 11 is 0. The average Bonchev–Trinajstić information content (AvgIpc) is 3.13. The number of urea groups is 1. The first-order valence-corrected chi connectivity index (χ1v) is 7.89. The highest BCUT2D eigenvalue weighted by molar-refractivity contribution is 5.73. The lowest BCUT2D eigenvalue weighted by Gasteiger charge is -2.09. The molecular weight excluding hydrogens is 300 g/mol. The molecule has 0 unspecified atom stereocenters. The van der Waals surface area contributed by atoms with Gasteiger partial charge >= 0.3 is 6.03 Å². The predicted octanol–water partition coefficient (Wildman–Crippen LogP) is 2.93. The molecule has 2 aromatic carbocycles. The van der Waals surface area contributed by atoms with Crippen LogP contribution in [0.25, 0.3) is 0 Å². The number of nitrogens with zero attached hydrogens (tertiary/aromatic N) is 2. The Morgan fingerprint density at radius 1 is 0.875 bits per heavy atom. The molecule has 0 aliphatic heterocycles. The van der Waals surface area contributed by atoms with Gasteiger partial charge in [-0.2, -0.15) is 0 Å². The van der Waals surface area contributed by atoms with Gasteiger partial charge in [0.25, 0.3) is 0 Å². The number of carbonyl (C=O) groups is 1. The molecule has 0 aliphatic rings. The number of nitrogens with one attached hydrogen (secondary N) is 2. The van der Waals surface area contributed by atoms with Crippen molar-refractivity contribution >= 4 is 6.03 Å². The third kappa shape index (κ3) is 4.71. The Hall–Kier alpha value is -3.08. The van der Waals surface area contributed by atoms with Crippen LogP contribution < -0.4 is 10.6 Å². The van der Waals surface area contributed by atoms with E-state index in [1.165, 1.54) is 5.56 Å². The molecule has 5 nitrogen and oxygen atoms in total. The number of imidazole rings is 1. The van der Waals surface area contributed by atoms with Crippen molar-refractivity contribution in [3.05, 3.63) is 90.0 Å². The molecular formula is C19H20N4O. The molecule has 0 saturated heterocycles. The lowest BCUT2D eigenvalue weighted by molar-refractivity contribution is 0.240. The molecule has 0 saturated carbocycles. The SMILES string of the molecule is O=C(NCc1ccccc1)NCc1ccc(Cn2ccnc2)cc1. The maximum atomic E-state index is 11.8. The van der Waals surface area contributed by atoms with Gasteiger partial charge in [0.05, 0.1) is 6.33 Å². The van der Waals surface area contributed by atoms with Crippen molar-refractivity contribution in [3.8, 4) is 0 Å². The number of amides is 2. The molecule has 3 aromatic rings. The van der Waals surface area contributed by atoms with E-state index in [1.807, 2.05) is 53.2 Å². The van der Waals surface area contributed by atoms with Gasteiger partial charge in [0.1, 0.15) is 0 Å². The molecule has 1 aromatic heterocycles. The molecule has 0 spiro atoms. The van der Waals surface area contributed by atoms with E-state index in [0.717, 1.165) is 17.7 Å². The average molecular weight is 320 g/mol. The van der Waals surface area contributed by atoms with Crippen molar-refractivity contribution in [2.75, 3.05) is 0 Å². The van der Waals surface area contributed by atoms with E-state index in [2.05, 4.69) is 27.8 Å². The topological polar surface area (TPSA) is 59.0 Å². The minimum Gasteiger partial charge on any atom is -0.334 e. The Kier molecular flexibility index (Phi) is 5.24. The number of benzene rings is 2. The van der Waals surface area contributed by atoms with E-state index >= 15 is 0 Å². The Morgan fingerprint density at radius 2 is 1.50 bits per heavy atom. The maximum Gasteiger partial charge on any atom is 0.315 e. The number of rotatable bonds is 6. The molecule has 0 radical (unpaired) electrons. The van der Waals surface area contributed by atoms with Gasteiger partial charge in [-0.15, -0.1) is 0 Å². The molecule has 0 atom stereocenters. The number of hydrogen-bond acceptors (Lipinski definition) is 2. The zero-order chi connectivity index (χ0) is 16.6. The van der Waals surface area contributed by atoms with Crippen LogP contribution in [0, 0.1) is 0 Å². The molecule has 3 rings (SSSR count). The van der Waals surface area contributed by atoms with E-state index < -0.39 is 0 Å². The summed E-state index contributed by atoms with van der Waals surface area (Å²) in [6, 6.07) is 17.9. The standard InChI is InChI=1S/C19H20N4O/c24-19(21-12-16-4-2-1-3-5-16)22-13-17-6-8-18(9-7-17)14-23-11-10-20-15-23/h1-11,15H,12-14H2,(H2,21,22,24). The third-order valence-electron chi connectivity index (χ3n) is 3.70. The van der Waals surface area contributed by atoms with Gasteiger partial charge in [-0.05, 0) is 16.7 Å². The van der Waals surface area contributed by atoms with Crippen LogP contribution in [0.5, 0.6) is 0 Å². The summed E-state index contributed by atoms with van der Waals surface area (Å²) in [5, 5.41) is 5.72. The van der Waals surface area contributed by atoms with Crippen molar-refractivity contribution in [2.45, 2.75) is 19.6 Å². The first-order chi connectivity index (χ1) is 11.8. The van der Waals surface area contributed by atoms with Crippen molar-refractivity contribution in [3.63, 3.8) is 0 Å². The van der Waals surface area contributed by atoms with Crippen LogP contribution in [0.1, 0.15) is 16.7 Å². The van der Waals surface area contributed by atoms with Crippen LogP contribution >= 0.6 is 0 Å². The van der Waals surface area contributed by atoms with Crippen molar-refractivity contribution < 1.29 is 4.79 Å². The second-order valence-electron chi connectivity index (χ2n) is 5.57. The Bertz CT molecular complexity index is 752. The van der Waals surface area contributed by atoms with E-state index in [0.29, 0.717) is 13.1 Å². The molecule has 0 aliphatic carbocycles. The first-order valence-electron chi connectivity index (χ1n) is 7.89. The highest BCUT2D eigenvalue weighted by Gasteiger charge is 2.01.